The van der Waals surface area contributed by atoms with Gasteiger partial charge >= 0.3 is 5.69 Å². The Labute approximate surface area is 114 Å². The first-order valence-corrected chi connectivity index (χ1v) is 5.61. The van der Waals surface area contributed by atoms with Crippen LogP contribution >= 0.6 is 0 Å². The van der Waals surface area contributed by atoms with Crippen LogP contribution in [0, 0.1) is 10.1 Å². The lowest BCUT2D eigenvalue weighted by Crippen LogP contribution is -1.90. The molecule has 0 radical (unpaired) electrons. The maximum atomic E-state index is 10.7. The smallest absolute Gasteiger partial charge is 0.311 e. The Bertz CT molecular complexity index is 653. The van der Waals surface area contributed by atoms with Crippen molar-refractivity contribution in [1.29, 1.82) is 0 Å². The average Bonchev–Trinajstić information content (AvgIpc) is 2.46. The zero-order valence-corrected chi connectivity index (χ0v) is 10.6. The second kappa shape index (κ2) is 5.79. The lowest BCUT2D eigenvalue weighted by molar-refractivity contribution is -0.385. The van der Waals surface area contributed by atoms with Gasteiger partial charge in [-0.05, 0) is 23.8 Å². The van der Waals surface area contributed by atoms with E-state index in [0.717, 1.165) is 0 Å². The van der Waals surface area contributed by atoms with Crippen molar-refractivity contribution in [2.45, 2.75) is 0 Å². The van der Waals surface area contributed by atoms with Crippen molar-refractivity contribution in [3.8, 4) is 11.6 Å². The van der Waals surface area contributed by atoms with E-state index in [1.54, 1.807) is 12.1 Å². The highest BCUT2D eigenvalue weighted by Gasteiger charge is 2.12. The number of aromatic nitrogens is 1. The van der Waals surface area contributed by atoms with Gasteiger partial charge in [0.1, 0.15) is 0 Å². The molecule has 0 aliphatic heterocycles. The zero-order chi connectivity index (χ0) is 14.5. The molecular formula is C13H11N3O4. The molecule has 20 heavy (non-hydrogen) atoms. The monoisotopic (exact) mass is 273 g/mol. The van der Waals surface area contributed by atoms with Gasteiger partial charge in [-0.1, -0.05) is 0 Å². The van der Waals surface area contributed by atoms with Crippen molar-refractivity contribution < 1.29 is 14.8 Å². The molecule has 1 heterocycles. The quantitative estimate of drug-likeness (QED) is 0.524. The molecule has 0 aliphatic rings. The molecule has 0 spiro atoms. The summed E-state index contributed by atoms with van der Waals surface area (Å²) in [6.45, 7) is 0. The van der Waals surface area contributed by atoms with Crippen molar-refractivity contribution in [1.82, 2.24) is 4.98 Å². The number of phenolic OH excluding ortho intramolecular Hbond substituents is 1. The molecule has 2 aromatic rings. The molecular weight excluding hydrogens is 262 g/mol. The van der Waals surface area contributed by atoms with Gasteiger partial charge in [-0.25, -0.2) is 4.98 Å². The first-order valence-electron chi connectivity index (χ1n) is 5.61. The maximum Gasteiger partial charge on any atom is 0.311 e. The third-order valence-electron chi connectivity index (χ3n) is 2.49. The fourth-order valence-corrected chi connectivity index (χ4v) is 1.49. The summed E-state index contributed by atoms with van der Waals surface area (Å²) in [4.78, 5) is 18.2. The number of ether oxygens (including phenoxy) is 1. The summed E-state index contributed by atoms with van der Waals surface area (Å²) in [7, 11) is 1.51. The van der Waals surface area contributed by atoms with Gasteiger partial charge in [0.2, 0.25) is 5.88 Å². The number of hydrogen-bond acceptors (Lipinski definition) is 6. The van der Waals surface area contributed by atoms with Gasteiger partial charge in [0.25, 0.3) is 0 Å². The largest absolute Gasteiger partial charge is 0.502 e. The number of nitrogens with zero attached hydrogens (tertiary/aromatic N) is 3. The number of nitro groups is 1. The van der Waals surface area contributed by atoms with E-state index in [1.807, 2.05) is 0 Å². The SMILES string of the molecule is COc1ccc(N=Cc2ccc(O)c([N+](=O)[O-])c2)cn1. The highest BCUT2D eigenvalue weighted by atomic mass is 16.6. The van der Waals surface area contributed by atoms with Crippen LogP contribution in [0.25, 0.3) is 0 Å². The molecule has 1 aromatic heterocycles. The number of hydrogen-bond donors (Lipinski definition) is 1. The number of nitro benzene ring substituents is 1. The summed E-state index contributed by atoms with van der Waals surface area (Å²) in [5.41, 5.74) is 0.730. The molecule has 102 valence electrons. The molecule has 0 bridgehead atoms. The number of aliphatic imine (C=N–C) groups is 1. The van der Waals surface area contributed by atoms with E-state index in [4.69, 9.17) is 4.74 Å². The van der Waals surface area contributed by atoms with Crippen molar-refractivity contribution in [2.24, 2.45) is 4.99 Å². The molecule has 2 rings (SSSR count). The molecule has 1 N–H and O–H groups in total. The highest BCUT2D eigenvalue weighted by molar-refractivity contribution is 5.83. The first kappa shape index (κ1) is 13.5. The fraction of sp³-hybridized carbons (Fsp3) is 0.0769. The predicted molar refractivity (Wildman–Crippen MR) is 72.8 cm³/mol. The molecule has 7 heteroatoms. The van der Waals surface area contributed by atoms with Gasteiger partial charge in [0, 0.05) is 18.3 Å². The van der Waals surface area contributed by atoms with E-state index < -0.39 is 4.92 Å². The summed E-state index contributed by atoms with van der Waals surface area (Å²) < 4.78 is 4.92. The highest BCUT2D eigenvalue weighted by Crippen LogP contribution is 2.25. The van der Waals surface area contributed by atoms with E-state index >= 15 is 0 Å². The minimum Gasteiger partial charge on any atom is -0.502 e. The normalized spacial score (nSPS) is 10.7. The fourth-order valence-electron chi connectivity index (χ4n) is 1.49. The van der Waals surface area contributed by atoms with Crippen LogP contribution in [-0.2, 0) is 0 Å². The Hall–Kier alpha value is -2.96. The summed E-state index contributed by atoms with van der Waals surface area (Å²) in [6.07, 6.45) is 2.97. The number of rotatable bonds is 4. The molecule has 0 fully saturated rings. The van der Waals surface area contributed by atoms with Crippen molar-refractivity contribution in [3.05, 3.63) is 52.2 Å². The van der Waals surface area contributed by atoms with Crippen LogP contribution in [0.3, 0.4) is 0 Å². The van der Waals surface area contributed by atoms with Crippen molar-refractivity contribution in [3.63, 3.8) is 0 Å². The first-order chi connectivity index (χ1) is 9.60. The van der Waals surface area contributed by atoms with Gasteiger partial charge in [-0.2, -0.15) is 0 Å². The van der Waals surface area contributed by atoms with Crippen LogP contribution in [0.1, 0.15) is 5.56 Å². The summed E-state index contributed by atoms with van der Waals surface area (Å²) in [6, 6.07) is 7.40. The number of aromatic hydroxyl groups is 1. The van der Waals surface area contributed by atoms with Gasteiger partial charge < -0.3 is 9.84 Å². The second-order valence-electron chi connectivity index (χ2n) is 3.82. The van der Waals surface area contributed by atoms with E-state index in [2.05, 4.69) is 9.98 Å². The molecule has 0 aliphatic carbocycles. The molecule has 0 saturated carbocycles. The predicted octanol–water partition coefficient (Wildman–Crippen LogP) is 2.45. The average molecular weight is 273 g/mol. The lowest BCUT2D eigenvalue weighted by atomic mass is 10.2. The number of pyridine rings is 1. The van der Waals surface area contributed by atoms with E-state index in [9.17, 15) is 15.2 Å². The van der Waals surface area contributed by atoms with Crippen molar-refractivity contribution >= 4 is 17.6 Å². The Balaban J connectivity index is 2.22. The molecule has 0 amide bonds. The molecule has 0 unspecified atom stereocenters. The van der Waals surface area contributed by atoms with Crippen LogP contribution in [0.2, 0.25) is 0 Å². The maximum absolute atomic E-state index is 10.7. The van der Waals surface area contributed by atoms with E-state index in [0.29, 0.717) is 17.1 Å². The summed E-state index contributed by atoms with van der Waals surface area (Å²) in [5, 5.41) is 20.0. The van der Waals surface area contributed by atoms with Crippen molar-refractivity contribution in [2.75, 3.05) is 7.11 Å². The topological polar surface area (TPSA) is 97.8 Å². The Morgan fingerprint density at radius 1 is 1.40 bits per heavy atom. The summed E-state index contributed by atoms with van der Waals surface area (Å²) in [5.74, 6) is 0.0995. The second-order valence-corrected chi connectivity index (χ2v) is 3.82. The minimum absolute atomic E-state index is 0.359. The number of phenols is 1. The van der Waals surface area contributed by atoms with E-state index in [-0.39, 0.29) is 11.4 Å². The molecule has 1 aromatic carbocycles. The molecule has 7 nitrogen and oxygen atoms in total. The Morgan fingerprint density at radius 3 is 2.80 bits per heavy atom. The van der Waals surface area contributed by atoms with Crippen LogP contribution < -0.4 is 4.74 Å². The zero-order valence-electron chi connectivity index (χ0n) is 10.6. The van der Waals surface area contributed by atoms with Crippen LogP contribution in [0.15, 0.2) is 41.5 Å². The van der Waals surface area contributed by atoms with Crippen LogP contribution in [0.4, 0.5) is 11.4 Å². The van der Waals surface area contributed by atoms with Crippen LogP contribution in [-0.4, -0.2) is 28.3 Å². The summed E-state index contributed by atoms with van der Waals surface area (Å²) >= 11 is 0. The molecule has 0 saturated heterocycles. The van der Waals surface area contributed by atoms with Gasteiger partial charge in [-0.15, -0.1) is 0 Å². The Kier molecular flexibility index (Phi) is 3.90. The standard InChI is InChI=1S/C13H11N3O4/c1-20-13-5-3-10(8-15-13)14-7-9-2-4-12(17)11(6-9)16(18)19/h2-8,17H,1H3. The Morgan fingerprint density at radius 2 is 2.20 bits per heavy atom. The van der Waals surface area contributed by atoms with Gasteiger partial charge in [-0.3, -0.25) is 15.1 Å². The van der Waals surface area contributed by atoms with Crippen LogP contribution in [0.5, 0.6) is 11.6 Å². The number of methoxy groups -OCH3 is 1. The van der Waals surface area contributed by atoms with E-state index in [1.165, 1.54) is 37.7 Å². The lowest BCUT2D eigenvalue weighted by Gasteiger charge is -1.99. The third kappa shape index (κ3) is 3.08. The molecule has 0 atom stereocenters. The van der Waals surface area contributed by atoms with Gasteiger partial charge in [0.05, 0.1) is 23.9 Å². The number of benzene rings is 1. The minimum atomic E-state index is -0.651. The van der Waals surface area contributed by atoms with Gasteiger partial charge in [0.15, 0.2) is 5.75 Å². The third-order valence-corrected chi connectivity index (χ3v) is 2.49.